The highest BCUT2D eigenvalue weighted by Crippen LogP contribution is 2.30. The molecule has 0 fully saturated rings. The molecule has 300 valence electrons. The zero-order valence-electron chi connectivity index (χ0n) is 33.3. The Labute approximate surface area is 335 Å². The summed E-state index contributed by atoms with van der Waals surface area (Å²) in [5.74, 6) is -1.15. The fourth-order valence-corrected chi connectivity index (χ4v) is 8.84. The number of amides is 4. The van der Waals surface area contributed by atoms with Crippen LogP contribution in [0.25, 0.3) is 0 Å². The molecule has 0 aliphatic carbocycles. The standard InChI is InChI=1S/C40H52N8O6S2/c1-10-18(3)27-37-45-29(21(6)53-37)33(49)41-20(5)39-47-31(23(8)55-39)35(51)43-28(19(4)11-2)38-46-30(22(7)54-38)34(50)42-26(17-25-15-13-12-14-16-25)40-48-32(24(9)56-40)36(52)44-27/h12-16,18-22,26-30H,10-11,17H2,1-9H3,(H,41,49)(H,42,50)(H,43,51)(H,44,52)/t18-,19-,20+,21+,22?,26+,27-,28-,29?,30?/m0/s1. The Balaban J connectivity index is 1.41. The van der Waals surface area contributed by atoms with Gasteiger partial charge in [0.2, 0.25) is 23.6 Å². The van der Waals surface area contributed by atoms with Gasteiger partial charge in [-0.15, -0.1) is 22.7 Å². The van der Waals surface area contributed by atoms with Crippen LogP contribution in [0.5, 0.6) is 0 Å². The van der Waals surface area contributed by atoms with Gasteiger partial charge in [0.05, 0.1) is 12.1 Å². The van der Waals surface area contributed by atoms with Crippen LogP contribution in [0, 0.1) is 25.7 Å². The van der Waals surface area contributed by atoms with E-state index in [2.05, 4.69) is 26.3 Å². The number of rotatable bonds is 6. The molecule has 14 nitrogen and oxygen atoms in total. The third kappa shape index (κ3) is 8.65. The average molecular weight is 805 g/mol. The normalized spacial score (nSPS) is 28.3. The van der Waals surface area contributed by atoms with Gasteiger partial charge in [-0.1, -0.05) is 70.9 Å². The van der Waals surface area contributed by atoms with Crippen molar-refractivity contribution in [2.75, 3.05) is 0 Å². The van der Waals surface area contributed by atoms with Crippen LogP contribution in [0.3, 0.4) is 0 Å². The summed E-state index contributed by atoms with van der Waals surface area (Å²) in [6.07, 6.45) is 0.613. The van der Waals surface area contributed by atoms with Crippen LogP contribution < -0.4 is 21.3 Å². The van der Waals surface area contributed by atoms with Gasteiger partial charge in [0.25, 0.3) is 11.8 Å². The second-order valence-electron chi connectivity index (χ2n) is 15.0. The van der Waals surface area contributed by atoms with Gasteiger partial charge in [0.15, 0.2) is 12.1 Å². The van der Waals surface area contributed by atoms with Crippen LogP contribution in [0.15, 0.2) is 40.3 Å². The summed E-state index contributed by atoms with van der Waals surface area (Å²) < 4.78 is 12.4. The summed E-state index contributed by atoms with van der Waals surface area (Å²) in [7, 11) is 0. The number of carbonyl (C=O) groups excluding carboxylic acids is 4. The number of carbonyl (C=O) groups is 4. The fourth-order valence-electron chi connectivity index (χ4n) is 6.95. The van der Waals surface area contributed by atoms with E-state index in [1.807, 2.05) is 71.9 Å². The van der Waals surface area contributed by atoms with E-state index in [9.17, 15) is 19.2 Å². The molecule has 2 aromatic heterocycles. The van der Waals surface area contributed by atoms with Gasteiger partial charge in [-0.3, -0.25) is 19.2 Å². The molecule has 0 spiro atoms. The summed E-state index contributed by atoms with van der Waals surface area (Å²) in [5.41, 5.74) is 1.44. The minimum atomic E-state index is -0.895. The van der Waals surface area contributed by atoms with Crippen molar-refractivity contribution < 1.29 is 28.7 Å². The summed E-state index contributed by atoms with van der Waals surface area (Å²) in [4.78, 5) is 76.1. The molecule has 0 saturated heterocycles. The Morgan fingerprint density at radius 3 is 1.64 bits per heavy atom. The number of aryl methyl sites for hydroxylation is 2. The lowest BCUT2D eigenvalue weighted by atomic mass is 9.98. The van der Waals surface area contributed by atoms with Crippen LogP contribution in [0.2, 0.25) is 0 Å². The topological polar surface area (TPSA) is 185 Å². The van der Waals surface area contributed by atoms with Crippen molar-refractivity contribution >= 4 is 58.1 Å². The van der Waals surface area contributed by atoms with E-state index in [1.54, 1.807) is 20.8 Å². The molecule has 16 heteroatoms. The molecule has 6 rings (SSSR count). The highest BCUT2D eigenvalue weighted by molar-refractivity contribution is 7.12. The van der Waals surface area contributed by atoms with Crippen LogP contribution in [-0.2, 0) is 25.5 Å². The molecule has 8 bridgehead atoms. The summed E-state index contributed by atoms with van der Waals surface area (Å²) in [5, 5.41) is 13.5. The van der Waals surface area contributed by atoms with Crippen molar-refractivity contribution in [1.29, 1.82) is 0 Å². The Morgan fingerprint density at radius 2 is 1.14 bits per heavy atom. The van der Waals surface area contributed by atoms with Gasteiger partial charge in [0.1, 0.15) is 45.7 Å². The van der Waals surface area contributed by atoms with Crippen molar-refractivity contribution in [3.63, 3.8) is 0 Å². The molecule has 0 radical (unpaired) electrons. The number of aliphatic imine (C=N–C) groups is 2. The van der Waals surface area contributed by atoms with Gasteiger partial charge in [-0.05, 0) is 58.4 Å². The van der Waals surface area contributed by atoms with Crippen molar-refractivity contribution in [1.82, 2.24) is 31.2 Å². The maximum Gasteiger partial charge on any atom is 0.271 e. The van der Waals surface area contributed by atoms with Crippen molar-refractivity contribution in [3.8, 4) is 0 Å². The third-order valence-corrected chi connectivity index (χ3v) is 13.0. The molecule has 5 heterocycles. The monoisotopic (exact) mass is 804 g/mol. The number of benzene rings is 1. The van der Waals surface area contributed by atoms with Gasteiger partial charge in [0, 0.05) is 9.75 Å². The van der Waals surface area contributed by atoms with Crippen LogP contribution in [0.1, 0.15) is 120 Å². The van der Waals surface area contributed by atoms with E-state index >= 15 is 0 Å². The number of nitrogens with zero attached hydrogens (tertiary/aromatic N) is 4. The quantitative estimate of drug-likeness (QED) is 0.263. The van der Waals surface area contributed by atoms with Gasteiger partial charge in [-0.2, -0.15) is 0 Å². The van der Waals surface area contributed by atoms with E-state index in [0.717, 1.165) is 5.56 Å². The molecule has 4 amide bonds. The molecule has 1 aromatic carbocycles. The molecule has 0 saturated carbocycles. The van der Waals surface area contributed by atoms with Gasteiger partial charge >= 0.3 is 0 Å². The lowest BCUT2D eigenvalue weighted by molar-refractivity contribution is -0.125. The minimum Gasteiger partial charge on any atom is -0.474 e. The number of fused-ring (bicyclic) bond motifs is 6. The first kappa shape index (κ1) is 40.9. The maximum atomic E-state index is 14.1. The molecule has 4 N–H and O–H groups in total. The largest absolute Gasteiger partial charge is 0.474 e. The van der Waals surface area contributed by atoms with Crippen molar-refractivity contribution in [3.05, 3.63) is 67.1 Å². The Hall–Kier alpha value is -4.70. The number of aromatic nitrogens is 2. The third-order valence-electron chi connectivity index (χ3n) is 10.8. The average Bonchev–Trinajstić information content (AvgIpc) is 3.96. The van der Waals surface area contributed by atoms with Crippen LogP contribution in [0.4, 0.5) is 0 Å². The number of hydrogen-bond donors (Lipinski definition) is 4. The maximum absolute atomic E-state index is 14.1. The second-order valence-corrected chi connectivity index (χ2v) is 17.5. The number of ether oxygens (including phenoxy) is 2. The molecule has 3 unspecified atom stereocenters. The molecular formula is C40H52N8O6S2. The Bertz CT molecular complexity index is 2010. The molecule has 3 aromatic rings. The summed E-state index contributed by atoms with van der Waals surface area (Å²) >= 11 is 2.66. The Kier molecular flexibility index (Phi) is 12.6. The minimum absolute atomic E-state index is 0.0865. The first-order valence-electron chi connectivity index (χ1n) is 19.4. The van der Waals surface area contributed by atoms with Crippen molar-refractivity contribution in [2.24, 2.45) is 21.8 Å². The SMILES string of the molecule is CC[C@H](C)[C@@H]1NC(=O)c2nc(sc2C)[C@@H](C)NC(=O)C2N=C(O[C@@H]2C)[C@H]([C@@H](C)CC)NC(=O)c2nc(sc2C)[C@@H](Cc2ccccc2)NC(=O)C2N=C1OC2C. The smallest absolute Gasteiger partial charge is 0.271 e. The number of hydrogen-bond acceptors (Lipinski definition) is 12. The lowest BCUT2D eigenvalue weighted by Gasteiger charge is -2.24. The highest BCUT2D eigenvalue weighted by Gasteiger charge is 2.42. The zero-order chi connectivity index (χ0) is 40.4. The van der Waals surface area contributed by atoms with Gasteiger partial charge in [-0.25, -0.2) is 20.0 Å². The van der Waals surface area contributed by atoms with E-state index in [-0.39, 0.29) is 46.8 Å². The molecule has 3 aliphatic heterocycles. The Morgan fingerprint density at radius 1 is 0.679 bits per heavy atom. The molecule has 10 atom stereocenters. The highest BCUT2D eigenvalue weighted by atomic mass is 32.1. The second kappa shape index (κ2) is 17.2. The fraction of sp³-hybridized carbons (Fsp3) is 0.550. The molecule has 56 heavy (non-hydrogen) atoms. The first-order valence-corrected chi connectivity index (χ1v) is 21.0. The van der Waals surface area contributed by atoms with E-state index < -0.39 is 60.3 Å². The van der Waals surface area contributed by atoms with Crippen LogP contribution in [-0.4, -0.2) is 81.8 Å². The number of thiazole rings is 2. The van der Waals surface area contributed by atoms with Crippen molar-refractivity contribution in [2.45, 2.75) is 130 Å². The van der Waals surface area contributed by atoms with E-state index in [0.29, 0.717) is 39.0 Å². The van der Waals surface area contributed by atoms with E-state index in [1.165, 1.54) is 22.7 Å². The number of nitrogens with one attached hydrogen (secondary N) is 4. The summed E-state index contributed by atoms with van der Waals surface area (Å²) in [6.45, 7) is 17.0. The first-order chi connectivity index (χ1) is 26.7. The molecular weight excluding hydrogens is 753 g/mol. The van der Waals surface area contributed by atoms with Gasteiger partial charge < -0.3 is 30.7 Å². The van der Waals surface area contributed by atoms with E-state index in [4.69, 9.17) is 24.4 Å². The van der Waals surface area contributed by atoms with Crippen LogP contribution >= 0.6 is 22.7 Å². The zero-order valence-corrected chi connectivity index (χ0v) is 35.0. The molecule has 3 aliphatic rings. The summed E-state index contributed by atoms with van der Waals surface area (Å²) in [6, 6.07) is 5.61. The predicted octanol–water partition coefficient (Wildman–Crippen LogP) is 5.17. The predicted molar refractivity (Wildman–Crippen MR) is 216 cm³/mol. The lowest BCUT2D eigenvalue weighted by Crippen LogP contribution is -2.46.